The second kappa shape index (κ2) is 3.39. The van der Waals surface area contributed by atoms with E-state index in [-0.39, 0.29) is 5.56 Å². The number of rotatable bonds is 2. The molecule has 0 amide bonds. The second-order valence-corrected chi connectivity index (χ2v) is 2.91. The normalized spacial score (nSPS) is 9.69. The zero-order chi connectivity index (χ0) is 10.0. The molecule has 0 bridgehead atoms. The Hall–Kier alpha value is -1.64. The number of aromatic carboxylic acids is 1. The van der Waals surface area contributed by atoms with Crippen LogP contribution in [0, 0.1) is 12.3 Å². The van der Waals surface area contributed by atoms with Crippen LogP contribution in [0.4, 0.5) is 0 Å². The average molecular weight is 177 g/mol. The molecule has 0 fully saturated rings. The lowest BCUT2D eigenvalue weighted by Gasteiger charge is -2.06. The number of hydrogen-bond donors (Lipinski definition) is 2. The highest BCUT2D eigenvalue weighted by atomic mass is 16.4. The number of carbonyl (C=O) groups is 1. The molecule has 1 aromatic carbocycles. The van der Waals surface area contributed by atoms with E-state index in [1.165, 1.54) is 0 Å². The fourth-order valence-electron chi connectivity index (χ4n) is 1.27. The lowest BCUT2D eigenvalue weighted by Crippen LogP contribution is -2.04. The Balaban J connectivity index is 3.35. The molecular formula is C10H11NO2. The summed E-state index contributed by atoms with van der Waals surface area (Å²) in [7, 11) is 0. The molecule has 0 aliphatic rings. The van der Waals surface area contributed by atoms with E-state index in [9.17, 15) is 4.79 Å². The summed E-state index contributed by atoms with van der Waals surface area (Å²) in [5.41, 5.74) is 2.01. The van der Waals surface area contributed by atoms with Crippen LogP contribution in [-0.4, -0.2) is 16.8 Å². The number of carboxylic acids is 1. The largest absolute Gasteiger partial charge is 0.478 e. The van der Waals surface area contributed by atoms with Gasteiger partial charge in [-0.3, -0.25) is 0 Å². The molecule has 2 N–H and O–H groups in total. The highest BCUT2D eigenvalue weighted by molar-refractivity contribution is 6.01. The van der Waals surface area contributed by atoms with Crippen LogP contribution in [0.5, 0.6) is 0 Å². The van der Waals surface area contributed by atoms with Gasteiger partial charge in [-0.1, -0.05) is 12.1 Å². The minimum atomic E-state index is -0.944. The van der Waals surface area contributed by atoms with Crippen molar-refractivity contribution in [3.8, 4) is 0 Å². The standard InChI is InChI=1S/C10H11NO2/c1-6-8(7(2)11)4-3-5-9(6)10(12)13/h3-5,11H,1-2H3,(H,12,13). The van der Waals surface area contributed by atoms with Gasteiger partial charge in [-0.25, -0.2) is 4.79 Å². The van der Waals surface area contributed by atoms with E-state index in [1.54, 1.807) is 32.0 Å². The molecule has 3 heteroatoms. The van der Waals surface area contributed by atoms with Crippen LogP contribution >= 0.6 is 0 Å². The van der Waals surface area contributed by atoms with E-state index in [2.05, 4.69) is 0 Å². The Morgan fingerprint density at radius 2 is 1.92 bits per heavy atom. The molecular weight excluding hydrogens is 166 g/mol. The van der Waals surface area contributed by atoms with Gasteiger partial charge in [0.15, 0.2) is 0 Å². The Morgan fingerprint density at radius 1 is 1.38 bits per heavy atom. The van der Waals surface area contributed by atoms with Crippen molar-refractivity contribution in [2.45, 2.75) is 13.8 Å². The molecule has 1 aromatic rings. The third-order valence-corrected chi connectivity index (χ3v) is 1.97. The van der Waals surface area contributed by atoms with Gasteiger partial charge < -0.3 is 10.5 Å². The summed E-state index contributed by atoms with van der Waals surface area (Å²) < 4.78 is 0. The summed E-state index contributed by atoms with van der Waals surface area (Å²) in [5.74, 6) is -0.944. The molecule has 0 aliphatic carbocycles. The van der Waals surface area contributed by atoms with Crippen LogP contribution in [0.25, 0.3) is 0 Å². The monoisotopic (exact) mass is 177 g/mol. The maximum absolute atomic E-state index is 10.7. The summed E-state index contributed by atoms with van der Waals surface area (Å²) in [5, 5.41) is 16.2. The van der Waals surface area contributed by atoms with Gasteiger partial charge in [0.05, 0.1) is 5.56 Å². The first-order valence-electron chi connectivity index (χ1n) is 3.92. The quantitative estimate of drug-likeness (QED) is 0.679. The molecule has 0 radical (unpaired) electrons. The topological polar surface area (TPSA) is 61.2 Å². The predicted molar refractivity (Wildman–Crippen MR) is 50.6 cm³/mol. The molecule has 0 heterocycles. The maximum Gasteiger partial charge on any atom is 0.335 e. The molecule has 0 spiro atoms. The minimum absolute atomic E-state index is 0.268. The van der Waals surface area contributed by atoms with Gasteiger partial charge in [-0.05, 0) is 31.0 Å². The van der Waals surface area contributed by atoms with Crippen molar-refractivity contribution >= 4 is 11.7 Å². The number of hydrogen-bond acceptors (Lipinski definition) is 2. The van der Waals surface area contributed by atoms with Crippen molar-refractivity contribution in [3.05, 3.63) is 34.9 Å². The molecule has 0 atom stereocenters. The lowest BCUT2D eigenvalue weighted by atomic mass is 10.00. The zero-order valence-electron chi connectivity index (χ0n) is 7.59. The molecule has 3 nitrogen and oxygen atoms in total. The SMILES string of the molecule is CC(=N)c1cccc(C(=O)O)c1C. The van der Waals surface area contributed by atoms with Crippen LogP contribution in [0.15, 0.2) is 18.2 Å². The van der Waals surface area contributed by atoms with Gasteiger partial charge in [0, 0.05) is 5.71 Å². The van der Waals surface area contributed by atoms with E-state index in [0.29, 0.717) is 16.8 Å². The Kier molecular flexibility index (Phi) is 2.46. The highest BCUT2D eigenvalue weighted by Gasteiger charge is 2.10. The Morgan fingerprint density at radius 3 is 2.38 bits per heavy atom. The third-order valence-electron chi connectivity index (χ3n) is 1.97. The van der Waals surface area contributed by atoms with Crippen molar-refractivity contribution in [3.63, 3.8) is 0 Å². The van der Waals surface area contributed by atoms with Crippen molar-refractivity contribution in [2.75, 3.05) is 0 Å². The van der Waals surface area contributed by atoms with Crippen LogP contribution < -0.4 is 0 Å². The van der Waals surface area contributed by atoms with E-state index in [4.69, 9.17) is 10.5 Å². The first-order valence-corrected chi connectivity index (χ1v) is 3.92. The summed E-state index contributed by atoms with van der Waals surface area (Å²) in [6.45, 7) is 3.37. The molecule has 13 heavy (non-hydrogen) atoms. The number of benzene rings is 1. The van der Waals surface area contributed by atoms with Crippen LogP contribution in [0.2, 0.25) is 0 Å². The molecule has 1 rings (SSSR count). The summed E-state index contributed by atoms with van der Waals surface area (Å²) in [6.07, 6.45) is 0. The summed E-state index contributed by atoms with van der Waals surface area (Å²) in [4.78, 5) is 10.7. The predicted octanol–water partition coefficient (Wildman–Crippen LogP) is 2.08. The third kappa shape index (κ3) is 1.75. The highest BCUT2D eigenvalue weighted by Crippen LogP contribution is 2.13. The summed E-state index contributed by atoms with van der Waals surface area (Å²) >= 11 is 0. The van der Waals surface area contributed by atoms with Crippen molar-refractivity contribution in [1.29, 1.82) is 5.41 Å². The maximum atomic E-state index is 10.7. The van der Waals surface area contributed by atoms with Gasteiger partial charge in [0.1, 0.15) is 0 Å². The molecule has 0 aliphatic heterocycles. The first-order chi connectivity index (χ1) is 6.04. The van der Waals surface area contributed by atoms with E-state index in [1.807, 2.05) is 0 Å². The number of carboxylic acid groups (broad SMARTS) is 1. The molecule has 0 unspecified atom stereocenters. The van der Waals surface area contributed by atoms with Crippen LogP contribution in [-0.2, 0) is 0 Å². The van der Waals surface area contributed by atoms with E-state index in [0.717, 1.165) is 0 Å². The average Bonchev–Trinajstić information content (AvgIpc) is 2.03. The van der Waals surface area contributed by atoms with Crippen LogP contribution in [0.1, 0.15) is 28.4 Å². The molecule has 0 saturated carbocycles. The smallest absolute Gasteiger partial charge is 0.335 e. The number of nitrogens with one attached hydrogen (secondary N) is 1. The lowest BCUT2D eigenvalue weighted by molar-refractivity contribution is 0.0696. The van der Waals surface area contributed by atoms with E-state index < -0.39 is 5.97 Å². The van der Waals surface area contributed by atoms with Gasteiger partial charge >= 0.3 is 5.97 Å². The van der Waals surface area contributed by atoms with Gasteiger partial charge in [0.25, 0.3) is 0 Å². The van der Waals surface area contributed by atoms with Gasteiger partial charge in [-0.2, -0.15) is 0 Å². The minimum Gasteiger partial charge on any atom is -0.478 e. The first kappa shape index (κ1) is 9.45. The molecule has 0 aromatic heterocycles. The fraction of sp³-hybridized carbons (Fsp3) is 0.200. The molecule has 68 valence electrons. The van der Waals surface area contributed by atoms with Crippen molar-refractivity contribution in [2.24, 2.45) is 0 Å². The summed E-state index contributed by atoms with van der Waals surface area (Å²) in [6, 6.07) is 4.96. The molecule has 0 saturated heterocycles. The van der Waals surface area contributed by atoms with Crippen molar-refractivity contribution < 1.29 is 9.90 Å². The second-order valence-electron chi connectivity index (χ2n) is 2.91. The zero-order valence-corrected chi connectivity index (χ0v) is 7.59. The van der Waals surface area contributed by atoms with Crippen molar-refractivity contribution in [1.82, 2.24) is 0 Å². The Labute approximate surface area is 76.5 Å². The van der Waals surface area contributed by atoms with Gasteiger partial charge in [0.2, 0.25) is 0 Å². The fourth-order valence-corrected chi connectivity index (χ4v) is 1.27. The van der Waals surface area contributed by atoms with Crippen LogP contribution in [0.3, 0.4) is 0 Å². The van der Waals surface area contributed by atoms with Gasteiger partial charge in [-0.15, -0.1) is 0 Å². The Bertz CT molecular complexity index is 337. The van der Waals surface area contributed by atoms with E-state index >= 15 is 0 Å².